The summed E-state index contributed by atoms with van der Waals surface area (Å²) in [6, 6.07) is 9.53. The molecule has 0 aromatic heterocycles. The highest BCUT2D eigenvalue weighted by molar-refractivity contribution is 6.42. The number of likely N-dealkylation sites (tertiary alicyclic amines) is 1. The van der Waals surface area contributed by atoms with Gasteiger partial charge < -0.3 is 23.8 Å². The first-order valence-corrected chi connectivity index (χ1v) is 14.2. The van der Waals surface area contributed by atoms with Gasteiger partial charge in [-0.25, -0.2) is 0 Å². The predicted octanol–water partition coefficient (Wildman–Crippen LogP) is 5.52. The first-order chi connectivity index (χ1) is 19.6. The van der Waals surface area contributed by atoms with E-state index >= 15 is 0 Å². The van der Waals surface area contributed by atoms with Gasteiger partial charge in [-0.3, -0.25) is 9.69 Å². The fourth-order valence-electron chi connectivity index (χ4n) is 4.55. The number of halogens is 5. The van der Waals surface area contributed by atoms with Crippen LogP contribution in [0.4, 0.5) is 13.2 Å². The first-order valence-electron chi connectivity index (χ1n) is 13.4. The zero-order chi connectivity index (χ0) is 29.8. The van der Waals surface area contributed by atoms with E-state index in [0.29, 0.717) is 73.9 Å². The minimum Gasteiger partial charge on any atom is -0.382 e. The largest absolute Gasteiger partial charge is 0.416 e. The van der Waals surface area contributed by atoms with Crippen molar-refractivity contribution in [2.24, 2.45) is 0 Å². The number of alkyl halides is 3. The maximum atomic E-state index is 13.3. The normalized spacial score (nSPS) is 16.7. The molecule has 7 nitrogen and oxygen atoms in total. The van der Waals surface area contributed by atoms with Crippen LogP contribution in [0.5, 0.6) is 0 Å². The summed E-state index contributed by atoms with van der Waals surface area (Å²) in [5, 5.41) is 0.742. The Kier molecular flexibility index (Phi) is 13.6. The van der Waals surface area contributed by atoms with E-state index in [1.807, 2.05) is 0 Å². The molecule has 1 unspecified atom stereocenters. The third kappa shape index (κ3) is 11.0. The number of ether oxygens (including phenoxy) is 4. The smallest absolute Gasteiger partial charge is 0.382 e. The van der Waals surface area contributed by atoms with E-state index in [1.54, 1.807) is 37.3 Å². The second-order valence-electron chi connectivity index (χ2n) is 9.82. The van der Waals surface area contributed by atoms with Crippen LogP contribution in [0.2, 0.25) is 10.0 Å². The number of amides is 1. The Bertz CT molecular complexity index is 1090. The fourth-order valence-corrected chi connectivity index (χ4v) is 4.87. The molecule has 1 amide bonds. The van der Waals surface area contributed by atoms with Gasteiger partial charge in [0, 0.05) is 33.8 Å². The summed E-state index contributed by atoms with van der Waals surface area (Å²) in [6.07, 6.45) is -3.56. The van der Waals surface area contributed by atoms with Crippen molar-refractivity contribution in [1.82, 2.24) is 9.80 Å². The van der Waals surface area contributed by atoms with Crippen LogP contribution in [0.1, 0.15) is 29.2 Å². The highest BCUT2D eigenvalue weighted by Gasteiger charge is 2.32. The van der Waals surface area contributed by atoms with E-state index in [4.69, 9.17) is 42.1 Å². The molecule has 0 aliphatic carbocycles. The maximum Gasteiger partial charge on any atom is 0.416 e. The van der Waals surface area contributed by atoms with Crippen LogP contribution < -0.4 is 0 Å². The van der Waals surface area contributed by atoms with Crippen molar-refractivity contribution < 1.29 is 36.9 Å². The van der Waals surface area contributed by atoms with Crippen LogP contribution in [-0.4, -0.2) is 95.2 Å². The highest BCUT2D eigenvalue weighted by Crippen LogP contribution is 2.32. The van der Waals surface area contributed by atoms with Crippen molar-refractivity contribution in [1.29, 1.82) is 0 Å². The molecule has 228 valence electrons. The molecular formula is C29H37Cl2F3N2O5. The zero-order valence-corrected chi connectivity index (χ0v) is 24.8. The molecule has 41 heavy (non-hydrogen) atoms. The number of carbonyl (C=O) groups excluding carboxylic acids is 1. The number of hydrogen-bond acceptors (Lipinski definition) is 6. The van der Waals surface area contributed by atoms with Crippen LogP contribution in [0, 0.1) is 0 Å². The number of carbonyl (C=O) groups is 1. The minimum atomic E-state index is -4.44. The Hall–Kier alpha value is -1.92. The summed E-state index contributed by atoms with van der Waals surface area (Å²) in [7, 11) is 3.29. The van der Waals surface area contributed by atoms with E-state index in [0.717, 1.165) is 25.1 Å². The third-order valence-corrected chi connectivity index (χ3v) is 7.61. The van der Waals surface area contributed by atoms with Crippen LogP contribution in [-0.2, 0) is 36.3 Å². The van der Waals surface area contributed by atoms with Crippen LogP contribution >= 0.6 is 23.2 Å². The Morgan fingerprint density at radius 2 is 1.66 bits per heavy atom. The lowest BCUT2D eigenvalue weighted by molar-refractivity contribution is -0.137. The summed E-state index contributed by atoms with van der Waals surface area (Å²) < 4.78 is 61.3. The number of likely N-dealkylation sites (N-methyl/N-ethyl adjacent to an activating group) is 1. The number of benzene rings is 2. The van der Waals surface area contributed by atoms with Crippen molar-refractivity contribution in [2.45, 2.75) is 31.2 Å². The standard InChI is InChI=1S/C29H37Cl2F3N2O5/c1-35(28(37)18-21-3-8-25(30)26(31)17-21)27(22-4-6-23(7-5-22)29(32,33)34)20-36-10-9-24(19-36)41-16-15-40-14-13-39-12-11-38-2/h3-8,17,24,27H,9-16,18-20H2,1-2H3/t24?,27-/m1/s1. The molecule has 1 fully saturated rings. The van der Waals surface area contributed by atoms with Crippen LogP contribution in [0.3, 0.4) is 0 Å². The molecule has 0 N–H and O–H groups in total. The summed E-state index contributed by atoms with van der Waals surface area (Å²) in [5.41, 5.74) is 0.581. The molecule has 1 heterocycles. The van der Waals surface area contributed by atoms with E-state index in [1.165, 1.54) is 12.1 Å². The van der Waals surface area contributed by atoms with Crippen molar-refractivity contribution in [3.8, 4) is 0 Å². The van der Waals surface area contributed by atoms with Crippen molar-refractivity contribution >= 4 is 29.1 Å². The highest BCUT2D eigenvalue weighted by atomic mass is 35.5. The number of methoxy groups -OCH3 is 1. The fraction of sp³-hybridized carbons (Fsp3) is 0.552. The molecule has 1 aliphatic heterocycles. The second kappa shape index (κ2) is 16.6. The van der Waals surface area contributed by atoms with E-state index in [2.05, 4.69) is 4.90 Å². The molecule has 0 saturated carbocycles. The number of nitrogens with zero attached hydrogens (tertiary/aromatic N) is 2. The Balaban J connectivity index is 1.58. The molecule has 12 heteroatoms. The molecule has 0 bridgehead atoms. The monoisotopic (exact) mass is 620 g/mol. The summed E-state index contributed by atoms with van der Waals surface area (Å²) in [5.74, 6) is -0.191. The van der Waals surface area contributed by atoms with Gasteiger partial charge in [0.15, 0.2) is 0 Å². The van der Waals surface area contributed by atoms with E-state index < -0.39 is 17.8 Å². The molecule has 2 aromatic carbocycles. The van der Waals surface area contributed by atoms with E-state index in [-0.39, 0.29) is 18.4 Å². The Morgan fingerprint density at radius 1 is 1.00 bits per heavy atom. The lowest BCUT2D eigenvalue weighted by atomic mass is 10.0. The van der Waals surface area contributed by atoms with Crippen LogP contribution in [0.15, 0.2) is 42.5 Å². The molecule has 1 saturated heterocycles. The summed E-state index contributed by atoms with van der Waals surface area (Å²) in [6.45, 7) is 4.76. The minimum absolute atomic E-state index is 0.00188. The molecule has 2 atom stereocenters. The quantitative estimate of drug-likeness (QED) is 0.230. The maximum absolute atomic E-state index is 13.3. The molecule has 2 aromatic rings. The van der Waals surface area contributed by atoms with Gasteiger partial charge in [-0.15, -0.1) is 0 Å². The average Bonchev–Trinajstić information content (AvgIpc) is 3.39. The SMILES string of the molecule is COCCOCCOCCOC1CCN(C[C@H](c2ccc(C(F)(F)F)cc2)N(C)C(=O)Cc2ccc(Cl)c(Cl)c2)C1. The molecule has 0 spiro atoms. The van der Waals surface area contributed by atoms with Crippen molar-refractivity contribution in [2.75, 3.05) is 73.4 Å². The average molecular weight is 622 g/mol. The molecule has 0 radical (unpaired) electrons. The first kappa shape index (κ1) is 33.6. The van der Waals surface area contributed by atoms with Gasteiger partial charge in [-0.05, 0) is 41.8 Å². The van der Waals surface area contributed by atoms with Gasteiger partial charge in [0.25, 0.3) is 0 Å². The molecule has 1 aliphatic rings. The second-order valence-corrected chi connectivity index (χ2v) is 10.6. The van der Waals surface area contributed by atoms with Gasteiger partial charge >= 0.3 is 6.18 Å². The van der Waals surface area contributed by atoms with Crippen molar-refractivity contribution in [3.63, 3.8) is 0 Å². The Labute approximate surface area is 249 Å². The van der Waals surface area contributed by atoms with Gasteiger partial charge in [-0.1, -0.05) is 41.4 Å². The number of hydrogen-bond donors (Lipinski definition) is 0. The van der Waals surface area contributed by atoms with Gasteiger partial charge in [0.1, 0.15) is 0 Å². The lowest BCUT2D eigenvalue weighted by Crippen LogP contribution is -2.39. The lowest BCUT2D eigenvalue weighted by Gasteiger charge is -2.32. The van der Waals surface area contributed by atoms with Crippen molar-refractivity contribution in [3.05, 3.63) is 69.2 Å². The summed E-state index contributed by atoms with van der Waals surface area (Å²) in [4.78, 5) is 17.0. The number of rotatable bonds is 16. The predicted molar refractivity (Wildman–Crippen MR) is 151 cm³/mol. The zero-order valence-electron chi connectivity index (χ0n) is 23.3. The topological polar surface area (TPSA) is 60.5 Å². The molecular weight excluding hydrogens is 584 g/mol. The van der Waals surface area contributed by atoms with Gasteiger partial charge in [0.05, 0.1) is 73.8 Å². The van der Waals surface area contributed by atoms with Gasteiger partial charge in [0.2, 0.25) is 5.91 Å². The summed E-state index contributed by atoms with van der Waals surface area (Å²) >= 11 is 12.1. The third-order valence-electron chi connectivity index (χ3n) is 6.87. The van der Waals surface area contributed by atoms with Crippen LogP contribution in [0.25, 0.3) is 0 Å². The van der Waals surface area contributed by atoms with Gasteiger partial charge in [-0.2, -0.15) is 13.2 Å². The Morgan fingerprint density at radius 3 is 2.29 bits per heavy atom. The van der Waals surface area contributed by atoms with E-state index in [9.17, 15) is 18.0 Å². The molecule has 3 rings (SSSR count).